The largest absolute Gasteiger partial charge is 0.314 e. The van der Waals surface area contributed by atoms with E-state index in [0.29, 0.717) is 0 Å². The molecule has 0 spiro atoms. The standard InChI is InChI=1S/C13H22N2S/c1-2-3-12-4-5-13(16-12)6-9-15-10-7-14-8-11-15/h4-5,14H,2-3,6-11H2,1H3. The fraction of sp³-hybridized carbons (Fsp3) is 0.692. The van der Waals surface area contributed by atoms with E-state index in [1.165, 1.54) is 38.9 Å². The zero-order valence-corrected chi connectivity index (χ0v) is 11.0. The van der Waals surface area contributed by atoms with Crippen LogP contribution in [0.25, 0.3) is 0 Å². The Bertz CT molecular complexity index is 303. The highest BCUT2D eigenvalue weighted by Crippen LogP contribution is 2.18. The minimum absolute atomic E-state index is 1.16. The van der Waals surface area contributed by atoms with Crippen molar-refractivity contribution < 1.29 is 0 Å². The summed E-state index contributed by atoms with van der Waals surface area (Å²) >= 11 is 2.00. The van der Waals surface area contributed by atoms with Gasteiger partial charge in [-0.3, -0.25) is 0 Å². The minimum Gasteiger partial charge on any atom is -0.314 e. The van der Waals surface area contributed by atoms with Crippen molar-refractivity contribution in [2.75, 3.05) is 32.7 Å². The molecule has 2 rings (SSSR count). The highest BCUT2D eigenvalue weighted by molar-refractivity contribution is 7.11. The topological polar surface area (TPSA) is 15.3 Å². The molecule has 2 nitrogen and oxygen atoms in total. The summed E-state index contributed by atoms with van der Waals surface area (Å²) in [6.07, 6.45) is 3.74. The summed E-state index contributed by atoms with van der Waals surface area (Å²) in [5.74, 6) is 0. The molecule has 0 atom stereocenters. The zero-order chi connectivity index (χ0) is 11.2. The van der Waals surface area contributed by atoms with Gasteiger partial charge in [0.15, 0.2) is 0 Å². The third-order valence-corrected chi connectivity index (χ3v) is 4.30. The molecule has 2 heterocycles. The molecule has 90 valence electrons. The van der Waals surface area contributed by atoms with Crippen molar-refractivity contribution in [1.82, 2.24) is 10.2 Å². The first kappa shape index (κ1) is 12.1. The predicted octanol–water partition coefficient (Wildman–Crippen LogP) is 2.15. The van der Waals surface area contributed by atoms with Gasteiger partial charge >= 0.3 is 0 Å². The highest BCUT2D eigenvalue weighted by Gasteiger charge is 2.09. The summed E-state index contributed by atoms with van der Waals surface area (Å²) in [7, 11) is 0. The third-order valence-electron chi connectivity index (χ3n) is 3.10. The second-order valence-corrected chi connectivity index (χ2v) is 5.71. The number of piperazine rings is 1. The van der Waals surface area contributed by atoms with Gasteiger partial charge in [0.1, 0.15) is 0 Å². The summed E-state index contributed by atoms with van der Waals surface area (Å²) in [6, 6.07) is 4.62. The van der Waals surface area contributed by atoms with E-state index in [4.69, 9.17) is 0 Å². The van der Waals surface area contributed by atoms with Gasteiger partial charge in [-0.2, -0.15) is 0 Å². The van der Waals surface area contributed by atoms with Crippen molar-refractivity contribution in [3.05, 3.63) is 21.9 Å². The fourth-order valence-corrected chi connectivity index (χ4v) is 3.25. The number of aryl methyl sites for hydroxylation is 1. The van der Waals surface area contributed by atoms with Crippen LogP contribution in [-0.4, -0.2) is 37.6 Å². The van der Waals surface area contributed by atoms with Crippen molar-refractivity contribution in [2.24, 2.45) is 0 Å². The Morgan fingerprint density at radius 2 is 1.88 bits per heavy atom. The van der Waals surface area contributed by atoms with E-state index in [1.54, 1.807) is 9.75 Å². The van der Waals surface area contributed by atoms with E-state index >= 15 is 0 Å². The summed E-state index contributed by atoms with van der Waals surface area (Å²) < 4.78 is 0. The molecule has 0 bridgehead atoms. The van der Waals surface area contributed by atoms with Gasteiger partial charge in [0, 0.05) is 42.5 Å². The molecule has 0 radical (unpaired) electrons. The van der Waals surface area contributed by atoms with Crippen LogP contribution in [0.1, 0.15) is 23.1 Å². The van der Waals surface area contributed by atoms with Crippen LogP contribution in [0.3, 0.4) is 0 Å². The number of rotatable bonds is 5. The molecule has 1 aromatic rings. The van der Waals surface area contributed by atoms with Gasteiger partial charge in [0.25, 0.3) is 0 Å². The summed E-state index contributed by atoms with van der Waals surface area (Å²) in [5.41, 5.74) is 0. The molecule has 1 saturated heterocycles. The van der Waals surface area contributed by atoms with Gasteiger partial charge in [-0.1, -0.05) is 13.3 Å². The van der Waals surface area contributed by atoms with Crippen molar-refractivity contribution in [3.8, 4) is 0 Å². The Morgan fingerprint density at radius 3 is 2.56 bits per heavy atom. The number of thiophene rings is 1. The first-order valence-electron chi connectivity index (χ1n) is 6.39. The second kappa shape index (κ2) is 6.38. The average Bonchev–Trinajstić information content (AvgIpc) is 2.76. The highest BCUT2D eigenvalue weighted by atomic mass is 32.1. The first-order valence-corrected chi connectivity index (χ1v) is 7.21. The summed E-state index contributed by atoms with van der Waals surface area (Å²) in [4.78, 5) is 5.68. The number of nitrogens with one attached hydrogen (secondary N) is 1. The van der Waals surface area contributed by atoms with E-state index in [2.05, 4.69) is 29.3 Å². The predicted molar refractivity (Wildman–Crippen MR) is 71.3 cm³/mol. The van der Waals surface area contributed by atoms with Crippen molar-refractivity contribution in [1.29, 1.82) is 0 Å². The molecule has 0 aromatic carbocycles. The van der Waals surface area contributed by atoms with Crippen LogP contribution >= 0.6 is 11.3 Å². The van der Waals surface area contributed by atoms with E-state index in [1.807, 2.05) is 11.3 Å². The van der Waals surface area contributed by atoms with Crippen LogP contribution in [0.5, 0.6) is 0 Å². The molecule has 0 aliphatic carbocycles. The second-order valence-electron chi connectivity index (χ2n) is 4.46. The Hall–Kier alpha value is -0.380. The monoisotopic (exact) mass is 238 g/mol. The molecule has 1 fully saturated rings. The summed E-state index contributed by atoms with van der Waals surface area (Å²) in [6.45, 7) is 8.23. The maximum Gasteiger partial charge on any atom is 0.0108 e. The third kappa shape index (κ3) is 3.58. The number of nitrogens with zero attached hydrogens (tertiary/aromatic N) is 1. The molecule has 0 amide bonds. The van der Waals surface area contributed by atoms with Crippen LogP contribution in [-0.2, 0) is 12.8 Å². The maximum absolute atomic E-state index is 3.39. The van der Waals surface area contributed by atoms with Gasteiger partial charge in [0.2, 0.25) is 0 Å². The Kier molecular flexibility index (Phi) is 4.82. The molecule has 3 heteroatoms. The summed E-state index contributed by atoms with van der Waals surface area (Å²) in [5, 5.41) is 3.39. The van der Waals surface area contributed by atoms with Crippen molar-refractivity contribution in [3.63, 3.8) is 0 Å². The normalized spacial score (nSPS) is 17.8. The average molecular weight is 238 g/mol. The molecule has 0 saturated carbocycles. The lowest BCUT2D eigenvalue weighted by atomic mass is 10.2. The van der Waals surface area contributed by atoms with Crippen LogP contribution in [0.15, 0.2) is 12.1 Å². The molecule has 1 aromatic heterocycles. The van der Waals surface area contributed by atoms with Crippen molar-refractivity contribution >= 4 is 11.3 Å². The SMILES string of the molecule is CCCc1ccc(CCN2CCNCC2)s1. The molecular weight excluding hydrogens is 216 g/mol. The Labute approximate surface area is 103 Å². The molecule has 16 heavy (non-hydrogen) atoms. The van der Waals surface area contributed by atoms with Crippen molar-refractivity contribution in [2.45, 2.75) is 26.2 Å². The lowest BCUT2D eigenvalue weighted by Crippen LogP contribution is -2.44. The number of hydrogen-bond acceptors (Lipinski definition) is 3. The fourth-order valence-electron chi connectivity index (χ4n) is 2.14. The molecule has 1 aliphatic rings. The maximum atomic E-state index is 3.39. The first-order chi connectivity index (χ1) is 7.88. The van der Waals surface area contributed by atoms with E-state index in [0.717, 1.165) is 13.1 Å². The lowest BCUT2D eigenvalue weighted by molar-refractivity contribution is 0.244. The lowest BCUT2D eigenvalue weighted by Gasteiger charge is -2.26. The van der Waals surface area contributed by atoms with Crippen LogP contribution in [0.4, 0.5) is 0 Å². The Balaban J connectivity index is 1.75. The van der Waals surface area contributed by atoms with Gasteiger partial charge in [-0.15, -0.1) is 11.3 Å². The van der Waals surface area contributed by atoms with Crippen LogP contribution in [0.2, 0.25) is 0 Å². The molecule has 1 N–H and O–H groups in total. The van der Waals surface area contributed by atoms with E-state index in [9.17, 15) is 0 Å². The van der Waals surface area contributed by atoms with E-state index < -0.39 is 0 Å². The van der Waals surface area contributed by atoms with Gasteiger partial charge in [-0.25, -0.2) is 0 Å². The van der Waals surface area contributed by atoms with Gasteiger partial charge < -0.3 is 10.2 Å². The van der Waals surface area contributed by atoms with Crippen LogP contribution in [0, 0.1) is 0 Å². The zero-order valence-electron chi connectivity index (χ0n) is 10.2. The number of hydrogen-bond donors (Lipinski definition) is 1. The molecule has 0 unspecified atom stereocenters. The van der Waals surface area contributed by atoms with E-state index in [-0.39, 0.29) is 0 Å². The van der Waals surface area contributed by atoms with Gasteiger partial charge in [0.05, 0.1) is 0 Å². The molecular formula is C13H22N2S. The quantitative estimate of drug-likeness (QED) is 0.845. The van der Waals surface area contributed by atoms with Gasteiger partial charge in [-0.05, 0) is 25.0 Å². The Morgan fingerprint density at radius 1 is 1.19 bits per heavy atom. The molecule has 1 aliphatic heterocycles. The van der Waals surface area contributed by atoms with Crippen LogP contribution < -0.4 is 5.32 Å². The minimum atomic E-state index is 1.16. The smallest absolute Gasteiger partial charge is 0.0108 e.